The van der Waals surface area contributed by atoms with Gasteiger partial charge in [-0.2, -0.15) is 13.2 Å². The third-order valence-electron chi connectivity index (χ3n) is 2.55. The molecule has 0 fully saturated rings. The van der Waals surface area contributed by atoms with Gasteiger partial charge in [0.15, 0.2) is 6.61 Å². The Morgan fingerprint density at radius 1 is 1.33 bits per heavy atom. The number of carboxylic acid groups (broad SMARTS) is 1. The number of halogens is 4. The van der Waals surface area contributed by atoms with Crippen molar-refractivity contribution < 1.29 is 37.0 Å². The van der Waals surface area contributed by atoms with Gasteiger partial charge in [-0.25, -0.2) is 9.18 Å². The minimum atomic E-state index is -5.19. The second-order valence-electron chi connectivity index (χ2n) is 4.22. The third kappa shape index (κ3) is 4.07. The van der Waals surface area contributed by atoms with Crippen LogP contribution in [-0.4, -0.2) is 35.3 Å². The van der Waals surface area contributed by atoms with E-state index in [0.29, 0.717) is 6.92 Å². The number of aliphatic carboxylic acids is 1. The third-order valence-corrected chi connectivity index (χ3v) is 2.55. The van der Waals surface area contributed by atoms with Gasteiger partial charge in [0.05, 0.1) is 0 Å². The molecule has 1 aromatic carbocycles. The van der Waals surface area contributed by atoms with E-state index in [4.69, 9.17) is 9.84 Å². The van der Waals surface area contributed by atoms with Gasteiger partial charge in [0.25, 0.3) is 5.91 Å². The number of benzene rings is 1. The minimum absolute atomic E-state index is 0.0748. The SMILES string of the molecule is CC(NC(=O)COc1cccc(F)c1)(C(=O)O)C(F)(F)F. The van der Waals surface area contributed by atoms with Crippen molar-refractivity contribution in [3.8, 4) is 5.75 Å². The summed E-state index contributed by atoms with van der Waals surface area (Å²) in [6.07, 6.45) is -5.19. The van der Waals surface area contributed by atoms with E-state index >= 15 is 0 Å². The van der Waals surface area contributed by atoms with Gasteiger partial charge in [0, 0.05) is 6.07 Å². The molecule has 0 saturated heterocycles. The van der Waals surface area contributed by atoms with E-state index in [1.165, 1.54) is 17.4 Å². The highest BCUT2D eigenvalue weighted by molar-refractivity contribution is 5.88. The topological polar surface area (TPSA) is 75.6 Å². The molecule has 0 aliphatic rings. The number of hydrogen-bond acceptors (Lipinski definition) is 3. The summed E-state index contributed by atoms with van der Waals surface area (Å²) < 4.78 is 55.5. The standard InChI is InChI=1S/C12H11F4NO4/c1-11(10(19)20,12(14,15)16)17-9(18)6-21-8-4-2-3-7(13)5-8/h2-5H,6H2,1H3,(H,17,18)(H,19,20). The fourth-order valence-corrected chi connectivity index (χ4v) is 1.27. The molecule has 0 radical (unpaired) electrons. The maximum Gasteiger partial charge on any atom is 0.422 e. The number of carboxylic acids is 1. The summed E-state index contributed by atoms with van der Waals surface area (Å²) in [4.78, 5) is 22.1. The van der Waals surface area contributed by atoms with Crippen molar-refractivity contribution in [1.29, 1.82) is 0 Å². The number of alkyl halides is 3. The Hall–Kier alpha value is -2.32. The molecule has 116 valence electrons. The lowest BCUT2D eigenvalue weighted by Gasteiger charge is -2.28. The molecule has 0 aromatic heterocycles. The van der Waals surface area contributed by atoms with Crippen molar-refractivity contribution in [2.75, 3.05) is 6.61 Å². The van der Waals surface area contributed by atoms with Gasteiger partial charge in [0.1, 0.15) is 11.6 Å². The Morgan fingerprint density at radius 3 is 2.43 bits per heavy atom. The maximum absolute atomic E-state index is 12.8. The zero-order valence-electron chi connectivity index (χ0n) is 10.7. The largest absolute Gasteiger partial charge is 0.484 e. The van der Waals surface area contributed by atoms with Gasteiger partial charge >= 0.3 is 12.1 Å². The maximum atomic E-state index is 12.8. The number of rotatable bonds is 5. The van der Waals surface area contributed by atoms with Gasteiger partial charge < -0.3 is 15.2 Å². The lowest BCUT2D eigenvalue weighted by molar-refractivity contribution is -0.207. The van der Waals surface area contributed by atoms with E-state index in [1.54, 1.807) is 0 Å². The van der Waals surface area contributed by atoms with Crippen molar-refractivity contribution >= 4 is 11.9 Å². The Morgan fingerprint density at radius 2 is 1.95 bits per heavy atom. The molecule has 0 bridgehead atoms. The van der Waals surface area contributed by atoms with Crippen molar-refractivity contribution in [3.05, 3.63) is 30.1 Å². The molecule has 9 heteroatoms. The first-order valence-corrected chi connectivity index (χ1v) is 5.56. The summed E-state index contributed by atoms with van der Waals surface area (Å²) in [6.45, 7) is -0.572. The predicted octanol–water partition coefficient (Wildman–Crippen LogP) is 1.73. The van der Waals surface area contributed by atoms with E-state index in [1.807, 2.05) is 0 Å². The molecule has 0 saturated carbocycles. The summed E-state index contributed by atoms with van der Waals surface area (Å²) in [7, 11) is 0. The van der Waals surface area contributed by atoms with Gasteiger partial charge in [-0.1, -0.05) is 6.07 Å². The number of carbonyl (C=O) groups excluding carboxylic acids is 1. The van der Waals surface area contributed by atoms with Crippen LogP contribution in [0.2, 0.25) is 0 Å². The van der Waals surface area contributed by atoms with Crippen LogP contribution in [0, 0.1) is 5.82 Å². The zero-order valence-corrected chi connectivity index (χ0v) is 10.7. The Kier molecular flexibility index (Phi) is 4.77. The normalized spacial score (nSPS) is 14.1. The molecule has 0 heterocycles. The Labute approximate surface area is 116 Å². The summed E-state index contributed by atoms with van der Waals surface area (Å²) in [5.74, 6) is -4.29. The number of hydrogen-bond donors (Lipinski definition) is 2. The van der Waals surface area contributed by atoms with Crippen molar-refractivity contribution in [2.45, 2.75) is 18.6 Å². The van der Waals surface area contributed by atoms with Crippen LogP contribution in [0.4, 0.5) is 17.6 Å². The number of nitrogens with one attached hydrogen (secondary N) is 1. The summed E-state index contributed by atoms with van der Waals surface area (Å²) in [5, 5.41) is 9.95. The predicted molar refractivity (Wildman–Crippen MR) is 62.1 cm³/mol. The van der Waals surface area contributed by atoms with Crippen LogP contribution in [0.25, 0.3) is 0 Å². The van der Waals surface area contributed by atoms with Crippen LogP contribution in [0.15, 0.2) is 24.3 Å². The lowest BCUT2D eigenvalue weighted by Crippen LogP contribution is -2.62. The molecular weight excluding hydrogens is 298 g/mol. The second kappa shape index (κ2) is 5.98. The molecule has 1 rings (SSSR count). The summed E-state index contributed by atoms with van der Waals surface area (Å²) >= 11 is 0. The molecular formula is C12H11F4NO4. The van der Waals surface area contributed by atoms with Crippen molar-refractivity contribution in [3.63, 3.8) is 0 Å². The van der Waals surface area contributed by atoms with E-state index in [9.17, 15) is 27.2 Å². The van der Waals surface area contributed by atoms with Gasteiger partial charge in [-0.15, -0.1) is 0 Å². The first-order chi connectivity index (χ1) is 9.56. The van der Waals surface area contributed by atoms with Crippen LogP contribution < -0.4 is 10.1 Å². The quantitative estimate of drug-likeness (QED) is 0.812. The first-order valence-electron chi connectivity index (χ1n) is 5.56. The monoisotopic (exact) mass is 309 g/mol. The van der Waals surface area contributed by atoms with Gasteiger partial charge in [-0.3, -0.25) is 4.79 Å². The first kappa shape index (κ1) is 16.7. The van der Waals surface area contributed by atoms with E-state index < -0.39 is 36.0 Å². The second-order valence-corrected chi connectivity index (χ2v) is 4.22. The molecule has 1 amide bonds. The average molecular weight is 309 g/mol. The molecule has 1 unspecified atom stereocenters. The zero-order chi connectivity index (χ0) is 16.3. The highest BCUT2D eigenvalue weighted by Gasteiger charge is 2.58. The molecule has 0 aliphatic carbocycles. The van der Waals surface area contributed by atoms with E-state index in [0.717, 1.165) is 12.1 Å². The van der Waals surface area contributed by atoms with E-state index in [2.05, 4.69) is 0 Å². The molecule has 1 atom stereocenters. The molecule has 1 aromatic rings. The van der Waals surface area contributed by atoms with Gasteiger partial charge in [0.2, 0.25) is 5.54 Å². The van der Waals surface area contributed by atoms with Crippen LogP contribution in [-0.2, 0) is 9.59 Å². The lowest BCUT2D eigenvalue weighted by atomic mass is 10.0. The molecule has 0 spiro atoms. The number of ether oxygens (including phenoxy) is 1. The number of carbonyl (C=O) groups is 2. The highest BCUT2D eigenvalue weighted by Crippen LogP contribution is 2.30. The Bertz CT molecular complexity index is 546. The molecule has 5 nitrogen and oxygen atoms in total. The average Bonchev–Trinajstić information content (AvgIpc) is 2.34. The minimum Gasteiger partial charge on any atom is -0.484 e. The smallest absolute Gasteiger partial charge is 0.422 e. The van der Waals surface area contributed by atoms with Crippen LogP contribution in [0.3, 0.4) is 0 Å². The molecule has 2 N–H and O–H groups in total. The molecule has 0 aliphatic heterocycles. The highest BCUT2D eigenvalue weighted by atomic mass is 19.4. The Balaban J connectivity index is 2.70. The van der Waals surface area contributed by atoms with Crippen LogP contribution >= 0.6 is 0 Å². The van der Waals surface area contributed by atoms with Crippen LogP contribution in [0.5, 0.6) is 5.75 Å². The summed E-state index contributed by atoms with van der Waals surface area (Å²) in [5.41, 5.74) is -3.44. The number of amides is 1. The summed E-state index contributed by atoms with van der Waals surface area (Å²) in [6, 6.07) is 4.60. The fraction of sp³-hybridized carbons (Fsp3) is 0.333. The molecule has 21 heavy (non-hydrogen) atoms. The fourth-order valence-electron chi connectivity index (χ4n) is 1.27. The van der Waals surface area contributed by atoms with Crippen molar-refractivity contribution in [2.24, 2.45) is 0 Å². The van der Waals surface area contributed by atoms with E-state index in [-0.39, 0.29) is 5.75 Å². The van der Waals surface area contributed by atoms with Crippen molar-refractivity contribution in [1.82, 2.24) is 5.32 Å². The van der Waals surface area contributed by atoms with Crippen LogP contribution in [0.1, 0.15) is 6.92 Å². The van der Waals surface area contributed by atoms with Gasteiger partial charge in [-0.05, 0) is 19.1 Å².